The molecule has 0 aliphatic rings. The number of esters is 1. The predicted octanol–water partition coefficient (Wildman–Crippen LogP) is 3.45. The van der Waals surface area contributed by atoms with Crippen LogP contribution in [-0.2, 0) is 4.74 Å². The highest BCUT2D eigenvalue weighted by Gasteiger charge is 2.14. The average Bonchev–Trinajstić information content (AvgIpc) is 2.54. The van der Waals surface area contributed by atoms with E-state index < -0.39 is 5.97 Å². The molecule has 0 aliphatic heterocycles. The topological polar surface area (TPSA) is 52.6 Å². The van der Waals surface area contributed by atoms with Gasteiger partial charge in [0.2, 0.25) is 0 Å². The molecular weight excluding hydrogens is 288 g/mol. The molecule has 4 nitrogen and oxygen atoms in total. The van der Waals surface area contributed by atoms with E-state index in [1.54, 1.807) is 37.4 Å². The van der Waals surface area contributed by atoms with Gasteiger partial charge < -0.3 is 9.47 Å². The number of aldehydes is 1. The van der Waals surface area contributed by atoms with Gasteiger partial charge >= 0.3 is 5.97 Å². The van der Waals surface area contributed by atoms with Crippen LogP contribution in [-0.4, -0.2) is 26.5 Å². The van der Waals surface area contributed by atoms with Crippen LogP contribution in [0.25, 0.3) is 0 Å². The van der Waals surface area contributed by atoms with Crippen molar-refractivity contribution < 1.29 is 19.1 Å². The molecule has 0 radical (unpaired) electrons. The minimum Gasteiger partial charge on any atom is -0.496 e. The summed E-state index contributed by atoms with van der Waals surface area (Å²) in [6, 6.07) is 12.3. The Hall–Kier alpha value is -2.27. The van der Waals surface area contributed by atoms with Gasteiger partial charge in [-0.05, 0) is 30.3 Å². The first-order chi connectivity index (χ1) is 10.2. The lowest BCUT2D eigenvalue weighted by atomic mass is 10.2. The summed E-state index contributed by atoms with van der Waals surface area (Å²) in [5.74, 6) is 0.244. The molecule has 21 heavy (non-hydrogen) atoms. The summed E-state index contributed by atoms with van der Waals surface area (Å²) in [7, 11) is 2.91. The predicted molar refractivity (Wildman–Crippen MR) is 80.3 cm³/mol. The number of rotatable bonds is 5. The van der Waals surface area contributed by atoms with E-state index in [-0.39, 0.29) is 0 Å². The number of ether oxygens (including phenoxy) is 2. The lowest BCUT2D eigenvalue weighted by Gasteiger charge is -2.11. The van der Waals surface area contributed by atoms with Crippen molar-refractivity contribution in [3.8, 4) is 5.75 Å². The van der Waals surface area contributed by atoms with E-state index in [1.165, 1.54) is 18.9 Å². The molecule has 0 amide bonds. The number of carbonyl (C=O) groups is 2. The highest BCUT2D eigenvalue weighted by Crippen LogP contribution is 2.37. The van der Waals surface area contributed by atoms with Gasteiger partial charge in [-0.2, -0.15) is 0 Å². The van der Waals surface area contributed by atoms with Gasteiger partial charge in [0.15, 0.2) is 0 Å². The second-order valence-electron chi connectivity index (χ2n) is 4.12. The minimum absolute atomic E-state index is 0.399. The molecule has 2 rings (SSSR count). The van der Waals surface area contributed by atoms with E-state index in [2.05, 4.69) is 0 Å². The fourth-order valence-corrected chi connectivity index (χ4v) is 2.89. The quantitative estimate of drug-likeness (QED) is 0.625. The highest BCUT2D eigenvalue weighted by molar-refractivity contribution is 7.99. The van der Waals surface area contributed by atoms with Crippen LogP contribution in [0.1, 0.15) is 20.7 Å². The molecule has 0 saturated heterocycles. The van der Waals surface area contributed by atoms with Crippen LogP contribution in [0.2, 0.25) is 0 Å². The van der Waals surface area contributed by atoms with Gasteiger partial charge in [-0.15, -0.1) is 0 Å². The minimum atomic E-state index is -0.399. The summed E-state index contributed by atoms with van der Waals surface area (Å²) in [5, 5.41) is 0. The van der Waals surface area contributed by atoms with Crippen molar-refractivity contribution in [2.24, 2.45) is 0 Å². The number of hydrogen-bond donors (Lipinski definition) is 0. The van der Waals surface area contributed by atoms with E-state index in [0.717, 1.165) is 16.1 Å². The molecule has 2 aromatic carbocycles. The Bertz CT molecular complexity index is 667. The third kappa shape index (κ3) is 3.44. The van der Waals surface area contributed by atoms with E-state index >= 15 is 0 Å². The van der Waals surface area contributed by atoms with Crippen LogP contribution < -0.4 is 4.74 Å². The molecule has 0 N–H and O–H groups in total. The average molecular weight is 302 g/mol. The van der Waals surface area contributed by atoms with Crippen molar-refractivity contribution in [1.82, 2.24) is 0 Å². The van der Waals surface area contributed by atoms with Crippen LogP contribution in [0.15, 0.2) is 52.3 Å². The van der Waals surface area contributed by atoms with Crippen molar-refractivity contribution in [3.05, 3.63) is 53.6 Å². The number of benzene rings is 2. The maximum absolute atomic E-state index is 11.8. The third-order valence-corrected chi connectivity index (χ3v) is 3.95. The number of hydrogen-bond acceptors (Lipinski definition) is 5. The number of methoxy groups -OCH3 is 2. The Balaban J connectivity index is 2.42. The normalized spacial score (nSPS) is 10.0. The molecule has 0 spiro atoms. The third-order valence-electron chi connectivity index (χ3n) is 2.84. The molecule has 0 unspecified atom stereocenters. The first-order valence-electron chi connectivity index (χ1n) is 6.18. The summed E-state index contributed by atoms with van der Waals surface area (Å²) >= 11 is 1.35. The van der Waals surface area contributed by atoms with Gasteiger partial charge in [-0.1, -0.05) is 23.9 Å². The highest BCUT2D eigenvalue weighted by atomic mass is 32.2. The Kier molecular flexibility index (Phi) is 5.00. The maximum Gasteiger partial charge on any atom is 0.339 e. The number of carbonyl (C=O) groups excluding carboxylic acids is 2. The summed E-state index contributed by atoms with van der Waals surface area (Å²) in [6.45, 7) is 0. The second kappa shape index (κ2) is 6.95. The Morgan fingerprint density at radius 1 is 1.10 bits per heavy atom. The van der Waals surface area contributed by atoms with Gasteiger partial charge in [0.25, 0.3) is 0 Å². The Labute approximate surface area is 127 Å². The molecular formula is C16H14O4S. The van der Waals surface area contributed by atoms with Crippen molar-refractivity contribution >= 4 is 24.0 Å². The van der Waals surface area contributed by atoms with Crippen molar-refractivity contribution in [3.63, 3.8) is 0 Å². The van der Waals surface area contributed by atoms with E-state index in [4.69, 9.17) is 9.47 Å². The lowest BCUT2D eigenvalue weighted by Crippen LogP contribution is -2.02. The molecule has 0 saturated carbocycles. The smallest absolute Gasteiger partial charge is 0.339 e. The van der Waals surface area contributed by atoms with Gasteiger partial charge in [0.05, 0.1) is 24.7 Å². The monoisotopic (exact) mass is 302 g/mol. The molecule has 0 atom stereocenters. The zero-order valence-corrected chi connectivity index (χ0v) is 12.5. The summed E-state index contributed by atoms with van der Waals surface area (Å²) < 4.78 is 10.1. The Morgan fingerprint density at radius 3 is 2.52 bits per heavy atom. The SMILES string of the molecule is COC(=O)c1ccccc1Sc1cc(C=O)ccc1OC. The standard InChI is InChI=1S/C16H14O4S/c1-19-13-8-7-11(10-17)9-15(13)21-14-6-4-3-5-12(14)16(18)20-2/h3-10H,1-2H3. The molecule has 0 heterocycles. The van der Waals surface area contributed by atoms with Crippen LogP contribution in [0, 0.1) is 0 Å². The van der Waals surface area contributed by atoms with Crippen LogP contribution in [0.4, 0.5) is 0 Å². The van der Waals surface area contributed by atoms with E-state index in [1.807, 2.05) is 12.1 Å². The fourth-order valence-electron chi connectivity index (χ4n) is 1.80. The van der Waals surface area contributed by atoms with E-state index in [9.17, 15) is 9.59 Å². The Morgan fingerprint density at radius 2 is 1.86 bits per heavy atom. The first-order valence-corrected chi connectivity index (χ1v) is 6.99. The van der Waals surface area contributed by atoms with Crippen molar-refractivity contribution in [2.45, 2.75) is 9.79 Å². The lowest BCUT2D eigenvalue weighted by molar-refractivity contribution is 0.0596. The van der Waals surface area contributed by atoms with Gasteiger partial charge in [0.1, 0.15) is 12.0 Å². The second-order valence-corrected chi connectivity index (χ2v) is 5.20. The van der Waals surface area contributed by atoms with Gasteiger partial charge in [-0.3, -0.25) is 4.79 Å². The summed E-state index contributed by atoms with van der Waals surface area (Å²) in [4.78, 5) is 24.2. The summed E-state index contributed by atoms with van der Waals surface area (Å²) in [5.41, 5.74) is 1.03. The molecule has 108 valence electrons. The molecule has 0 fully saturated rings. The summed E-state index contributed by atoms with van der Waals surface area (Å²) in [6.07, 6.45) is 0.774. The largest absolute Gasteiger partial charge is 0.496 e. The van der Waals surface area contributed by atoms with Gasteiger partial charge in [-0.25, -0.2) is 4.79 Å². The maximum atomic E-state index is 11.8. The van der Waals surface area contributed by atoms with Crippen molar-refractivity contribution in [1.29, 1.82) is 0 Å². The van der Waals surface area contributed by atoms with Crippen LogP contribution in [0.3, 0.4) is 0 Å². The molecule has 0 aromatic heterocycles. The van der Waals surface area contributed by atoms with Crippen LogP contribution in [0.5, 0.6) is 5.75 Å². The molecule has 2 aromatic rings. The fraction of sp³-hybridized carbons (Fsp3) is 0.125. The van der Waals surface area contributed by atoms with Gasteiger partial charge in [0, 0.05) is 10.5 Å². The van der Waals surface area contributed by atoms with Crippen LogP contribution >= 0.6 is 11.8 Å². The van der Waals surface area contributed by atoms with E-state index in [0.29, 0.717) is 16.9 Å². The molecule has 0 bridgehead atoms. The first kappa shape index (κ1) is 15.1. The molecule has 5 heteroatoms. The zero-order valence-electron chi connectivity index (χ0n) is 11.7. The van der Waals surface area contributed by atoms with Crippen molar-refractivity contribution in [2.75, 3.05) is 14.2 Å². The zero-order chi connectivity index (χ0) is 15.2. The molecule has 0 aliphatic carbocycles.